The molecule has 0 N–H and O–H groups in total. The first-order chi connectivity index (χ1) is 5.95. The van der Waals surface area contributed by atoms with Gasteiger partial charge >= 0.3 is 0 Å². The smallest absolute Gasteiger partial charge is 0.209 e. The maximum Gasteiger partial charge on any atom is 0.209 e. The first-order valence-corrected chi connectivity index (χ1v) is 6.35. The Hall–Kier alpha value is -0.750. The number of carbonyl (C=O) groups is 1. The van der Waals surface area contributed by atoms with Gasteiger partial charge in [0, 0.05) is 12.7 Å². The van der Waals surface area contributed by atoms with Gasteiger partial charge in [-0.3, -0.25) is 4.79 Å². The van der Waals surface area contributed by atoms with E-state index in [1.807, 2.05) is 0 Å². The summed E-state index contributed by atoms with van der Waals surface area (Å²) in [5.74, 6) is -0.0765. The minimum absolute atomic E-state index is 0.00398. The third kappa shape index (κ3) is 2.35. The molecule has 6 heteroatoms. The number of thiazole rings is 1. The maximum atomic E-state index is 11.1. The highest BCUT2D eigenvalue weighted by atomic mass is 32.2. The minimum atomic E-state index is -3.27. The predicted octanol–water partition coefficient (Wildman–Crippen LogP) is 1.14. The quantitative estimate of drug-likeness (QED) is 0.715. The van der Waals surface area contributed by atoms with Gasteiger partial charge in [0.25, 0.3) is 0 Å². The zero-order valence-corrected chi connectivity index (χ0v) is 8.91. The zero-order valence-electron chi connectivity index (χ0n) is 7.27. The summed E-state index contributed by atoms with van der Waals surface area (Å²) in [6, 6.07) is 0. The van der Waals surface area contributed by atoms with E-state index in [2.05, 4.69) is 4.98 Å². The summed E-state index contributed by atoms with van der Waals surface area (Å²) in [7, 11) is -3.27. The highest BCUT2D eigenvalue weighted by molar-refractivity contribution is 7.92. The molecule has 0 aliphatic heterocycles. The molecule has 0 aliphatic rings. The number of Topliss-reactive ketones (excluding diaryl/α,β-unsaturated/α-hetero) is 1. The SMILES string of the molecule is CCC(=O)c1cnc(S(C)(=O)=O)s1. The molecule has 1 aromatic heterocycles. The Morgan fingerprint density at radius 2 is 2.23 bits per heavy atom. The van der Waals surface area contributed by atoms with Gasteiger partial charge in [-0.15, -0.1) is 0 Å². The number of ketones is 1. The van der Waals surface area contributed by atoms with E-state index in [0.29, 0.717) is 11.3 Å². The molecule has 13 heavy (non-hydrogen) atoms. The van der Waals surface area contributed by atoms with Gasteiger partial charge in [-0.2, -0.15) is 0 Å². The van der Waals surface area contributed by atoms with Crippen molar-refractivity contribution in [1.29, 1.82) is 0 Å². The molecule has 0 aromatic carbocycles. The fourth-order valence-electron chi connectivity index (χ4n) is 0.733. The summed E-state index contributed by atoms with van der Waals surface area (Å²) >= 11 is 0.924. The van der Waals surface area contributed by atoms with E-state index in [4.69, 9.17) is 0 Å². The summed E-state index contributed by atoms with van der Waals surface area (Å²) in [6.07, 6.45) is 2.75. The molecule has 0 fully saturated rings. The van der Waals surface area contributed by atoms with Gasteiger partial charge in [-0.1, -0.05) is 18.3 Å². The van der Waals surface area contributed by atoms with Crippen LogP contribution in [0.3, 0.4) is 0 Å². The van der Waals surface area contributed by atoms with Crippen molar-refractivity contribution in [3.05, 3.63) is 11.1 Å². The van der Waals surface area contributed by atoms with Crippen LogP contribution in [0.5, 0.6) is 0 Å². The van der Waals surface area contributed by atoms with E-state index in [0.717, 1.165) is 17.6 Å². The Morgan fingerprint density at radius 1 is 1.62 bits per heavy atom. The lowest BCUT2D eigenvalue weighted by Gasteiger charge is -1.88. The van der Waals surface area contributed by atoms with Crippen LogP contribution in [0, 0.1) is 0 Å². The third-order valence-corrected chi connectivity index (χ3v) is 4.13. The molecule has 0 spiro atoms. The van der Waals surface area contributed by atoms with Gasteiger partial charge in [0.05, 0.1) is 11.1 Å². The maximum absolute atomic E-state index is 11.1. The monoisotopic (exact) mass is 219 g/mol. The van der Waals surface area contributed by atoms with Gasteiger partial charge in [-0.05, 0) is 0 Å². The molecule has 0 aliphatic carbocycles. The molecule has 0 atom stereocenters. The Labute approximate surface area is 80.5 Å². The van der Waals surface area contributed by atoms with Crippen molar-refractivity contribution >= 4 is 27.0 Å². The topological polar surface area (TPSA) is 64.1 Å². The normalized spacial score (nSPS) is 11.5. The first-order valence-electron chi connectivity index (χ1n) is 3.64. The number of hydrogen-bond donors (Lipinski definition) is 0. The van der Waals surface area contributed by atoms with E-state index in [-0.39, 0.29) is 10.1 Å². The van der Waals surface area contributed by atoms with Crippen molar-refractivity contribution in [2.24, 2.45) is 0 Å². The molecule has 0 amide bonds. The standard InChI is InChI=1S/C7H9NO3S2/c1-3-5(9)6-4-8-7(12-6)13(2,10)11/h4H,3H2,1-2H3. The summed E-state index contributed by atoms with van der Waals surface area (Å²) in [5.41, 5.74) is 0. The third-order valence-electron chi connectivity index (χ3n) is 1.40. The van der Waals surface area contributed by atoms with Crippen LogP contribution in [0.15, 0.2) is 10.5 Å². The van der Waals surface area contributed by atoms with Crippen molar-refractivity contribution in [2.45, 2.75) is 17.7 Å². The molecule has 4 nitrogen and oxygen atoms in total. The molecule has 0 bridgehead atoms. The van der Waals surface area contributed by atoms with Gasteiger partial charge in [0.15, 0.2) is 5.78 Å². The first kappa shape index (κ1) is 10.3. The number of rotatable bonds is 3. The molecule has 1 rings (SSSR count). The second-order valence-electron chi connectivity index (χ2n) is 2.54. The lowest BCUT2D eigenvalue weighted by atomic mass is 10.3. The number of hydrogen-bond acceptors (Lipinski definition) is 5. The summed E-state index contributed by atoms with van der Waals surface area (Å²) in [6.45, 7) is 1.72. The molecule has 0 radical (unpaired) electrons. The van der Waals surface area contributed by atoms with E-state index >= 15 is 0 Å². The molecule has 0 unspecified atom stereocenters. The summed E-state index contributed by atoms with van der Waals surface area (Å²) in [5, 5.41) is 0. The second-order valence-corrected chi connectivity index (χ2v) is 5.76. The fourth-order valence-corrected chi connectivity index (χ4v) is 2.51. The van der Waals surface area contributed by atoms with E-state index in [1.165, 1.54) is 6.20 Å². The van der Waals surface area contributed by atoms with Gasteiger partial charge in [0.1, 0.15) is 0 Å². The van der Waals surface area contributed by atoms with Crippen LogP contribution >= 0.6 is 11.3 Å². The molecular weight excluding hydrogens is 210 g/mol. The molecule has 0 saturated carbocycles. The summed E-state index contributed by atoms with van der Waals surface area (Å²) in [4.78, 5) is 15.2. The highest BCUT2D eigenvalue weighted by Crippen LogP contribution is 2.18. The Morgan fingerprint density at radius 3 is 2.62 bits per heavy atom. The predicted molar refractivity (Wildman–Crippen MR) is 49.8 cm³/mol. The lowest BCUT2D eigenvalue weighted by Crippen LogP contribution is -1.94. The van der Waals surface area contributed by atoms with Gasteiger partial charge in [-0.25, -0.2) is 13.4 Å². The molecule has 1 aromatic rings. The molecular formula is C7H9NO3S2. The lowest BCUT2D eigenvalue weighted by molar-refractivity contribution is 0.0992. The molecule has 0 saturated heterocycles. The van der Waals surface area contributed by atoms with E-state index < -0.39 is 9.84 Å². The van der Waals surface area contributed by atoms with Crippen LogP contribution in [-0.2, 0) is 9.84 Å². The van der Waals surface area contributed by atoms with E-state index in [1.54, 1.807) is 6.92 Å². The number of carbonyl (C=O) groups excluding carboxylic acids is 1. The fraction of sp³-hybridized carbons (Fsp3) is 0.429. The van der Waals surface area contributed by atoms with Crippen LogP contribution in [0.25, 0.3) is 0 Å². The van der Waals surface area contributed by atoms with Crippen LogP contribution in [0.2, 0.25) is 0 Å². The van der Waals surface area contributed by atoms with Crippen molar-refractivity contribution in [3.63, 3.8) is 0 Å². The Bertz CT molecular complexity index is 419. The Balaban J connectivity index is 3.07. The largest absolute Gasteiger partial charge is 0.293 e. The van der Waals surface area contributed by atoms with Crippen molar-refractivity contribution in [3.8, 4) is 0 Å². The van der Waals surface area contributed by atoms with Crippen LogP contribution in [0.1, 0.15) is 23.0 Å². The van der Waals surface area contributed by atoms with Crippen molar-refractivity contribution in [2.75, 3.05) is 6.26 Å². The Kier molecular flexibility index (Phi) is 2.82. The van der Waals surface area contributed by atoms with Crippen LogP contribution in [-0.4, -0.2) is 25.4 Å². The van der Waals surface area contributed by atoms with Gasteiger partial charge in [0.2, 0.25) is 14.2 Å². The number of nitrogens with zero attached hydrogens (tertiary/aromatic N) is 1. The molecule has 1 heterocycles. The van der Waals surface area contributed by atoms with Crippen LogP contribution in [0.4, 0.5) is 0 Å². The average Bonchev–Trinajstić information content (AvgIpc) is 2.50. The highest BCUT2D eigenvalue weighted by Gasteiger charge is 2.15. The van der Waals surface area contributed by atoms with Crippen molar-refractivity contribution < 1.29 is 13.2 Å². The van der Waals surface area contributed by atoms with Crippen LogP contribution < -0.4 is 0 Å². The summed E-state index contributed by atoms with van der Waals surface area (Å²) < 4.78 is 22.0. The number of sulfone groups is 1. The minimum Gasteiger partial charge on any atom is -0.293 e. The second kappa shape index (κ2) is 3.55. The van der Waals surface area contributed by atoms with Crippen molar-refractivity contribution in [1.82, 2.24) is 4.98 Å². The zero-order chi connectivity index (χ0) is 10.1. The van der Waals surface area contributed by atoms with Gasteiger partial charge < -0.3 is 0 Å². The number of aromatic nitrogens is 1. The molecule has 72 valence electrons. The van der Waals surface area contributed by atoms with E-state index in [9.17, 15) is 13.2 Å². The average molecular weight is 219 g/mol.